The first kappa shape index (κ1) is 12.4. The van der Waals surface area contributed by atoms with Gasteiger partial charge in [-0.1, -0.05) is 18.2 Å². The summed E-state index contributed by atoms with van der Waals surface area (Å²) < 4.78 is 9.73. The van der Waals surface area contributed by atoms with Crippen LogP contribution in [-0.2, 0) is 17.8 Å². The molecule has 1 aromatic heterocycles. The van der Waals surface area contributed by atoms with Crippen LogP contribution in [0.5, 0.6) is 0 Å². The summed E-state index contributed by atoms with van der Waals surface area (Å²) in [6.07, 6.45) is 3.33. The van der Waals surface area contributed by atoms with Gasteiger partial charge in [-0.15, -0.1) is 0 Å². The average Bonchev–Trinajstić information content (AvgIpc) is 2.92. The second kappa shape index (κ2) is 6.02. The highest BCUT2D eigenvalue weighted by atomic mass is 16.5. The van der Waals surface area contributed by atoms with Crippen LogP contribution in [0.1, 0.15) is 21.5 Å². The Balaban J connectivity index is 1.98. The Morgan fingerprint density at radius 3 is 2.83 bits per heavy atom. The van der Waals surface area contributed by atoms with Crippen molar-refractivity contribution in [3.05, 3.63) is 59.5 Å². The molecule has 1 N–H and O–H groups in total. The molecule has 1 aromatic carbocycles. The molecule has 2 aromatic rings. The minimum atomic E-state index is -0.310. The van der Waals surface area contributed by atoms with Crippen LogP contribution in [0.15, 0.2) is 47.3 Å². The van der Waals surface area contributed by atoms with Gasteiger partial charge in [-0.05, 0) is 17.7 Å². The zero-order chi connectivity index (χ0) is 12.8. The minimum Gasteiger partial charge on any atom is -0.472 e. The van der Waals surface area contributed by atoms with E-state index in [4.69, 9.17) is 9.15 Å². The lowest BCUT2D eigenvalue weighted by molar-refractivity contribution is 0.0599. The van der Waals surface area contributed by atoms with Gasteiger partial charge >= 0.3 is 5.97 Å². The second-order valence-electron chi connectivity index (χ2n) is 3.88. The predicted molar refractivity (Wildman–Crippen MR) is 67.0 cm³/mol. The summed E-state index contributed by atoms with van der Waals surface area (Å²) in [5, 5.41) is 3.26. The van der Waals surface area contributed by atoms with Crippen molar-refractivity contribution in [1.29, 1.82) is 0 Å². The highest BCUT2D eigenvalue weighted by Crippen LogP contribution is 2.10. The van der Waals surface area contributed by atoms with E-state index >= 15 is 0 Å². The molecule has 2 rings (SSSR count). The molecule has 0 unspecified atom stereocenters. The van der Waals surface area contributed by atoms with Gasteiger partial charge in [-0.25, -0.2) is 4.79 Å². The fourth-order valence-corrected chi connectivity index (χ4v) is 1.72. The van der Waals surface area contributed by atoms with Gasteiger partial charge in [0.15, 0.2) is 0 Å². The van der Waals surface area contributed by atoms with Crippen molar-refractivity contribution in [3.63, 3.8) is 0 Å². The van der Waals surface area contributed by atoms with Gasteiger partial charge in [0.05, 0.1) is 25.2 Å². The number of rotatable bonds is 5. The molecule has 4 nitrogen and oxygen atoms in total. The summed E-state index contributed by atoms with van der Waals surface area (Å²) in [7, 11) is 1.39. The number of hydrogen-bond donors (Lipinski definition) is 1. The molecule has 4 heteroatoms. The third kappa shape index (κ3) is 2.99. The Labute approximate surface area is 106 Å². The molecular weight excluding hydrogens is 230 g/mol. The predicted octanol–water partition coefficient (Wildman–Crippen LogP) is 2.36. The molecule has 0 saturated carbocycles. The molecule has 94 valence electrons. The molecule has 0 saturated heterocycles. The molecule has 1 heterocycles. The summed E-state index contributed by atoms with van der Waals surface area (Å²) in [6, 6.07) is 9.31. The van der Waals surface area contributed by atoms with E-state index in [1.807, 2.05) is 24.3 Å². The van der Waals surface area contributed by atoms with Crippen LogP contribution in [0.4, 0.5) is 0 Å². The SMILES string of the molecule is COC(=O)c1ccccc1CNCc1ccoc1. The number of hydrogen-bond acceptors (Lipinski definition) is 4. The molecule has 0 atom stereocenters. The van der Waals surface area contributed by atoms with Crippen molar-refractivity contribution in [2.45, 2.75) is 13.1 Å². The van der Waals surface area contributed by atoms with Crippen molar-refractivity contribution in [1.82, 2.24) is 5.32 Å². The maximum absolute atomic E-state index is 11.6. The van der Waals surface area contributed by atoms with Crippen LogP contribution < -0.4 is 5.32 Å². The first-order valence-electron chi connectivity index (χ1n) is 5.69. The van der Waals surface area contributed by atoms with Crippen molar-refractivity contribution < 1.29 is 13.9 Å². The first-order chi connectivity index (χ1) is 8.81. The standard InChI is InChI=1S/C14H15NO3/c1-17-14(16)13-5-3-2-4-12(13)9-15-8-11-6-7-18-10-11/h2-7,10,15H,8-9H2,1H3. The smallest absolute Gasteiger partial charge is 0.338 e. The number of methoxy groups -OCH3 is 1. The lowest BCUT2D eigenvalue weighted by Gasteiger charge is -2.08. The number of ether oxygens (including phenoxy) is 1. The van der Waals surface area contributed by atoms with Gasteiger partial charge in [0.25, 0.3) is 0 Å². The zero-order valence-corrected chi connectivity index (χ0v) is 10.2. The van der Waals surface area contributed by atoms with Crippen molar-refractivity contribution >= 4 is 5.97 Å². The minimum absolute atomic E-state index is 0.310. The van der Waals surface area contributed by atoms with E-state index < -0.39 is 0 Å². The Bertz CT molecular complexity index is 506. The van der Waals surface area contributed by atoms with Crippen molar-refractivity contribution in [2.75, 3.05) is 7.11 Å². The van der Waals surface area contributed by atoms with Gasteiger partial charge in [-0.2, -0.15) is 0 Å². The van der Waals surface area contributed by atoms with Crippen LogP contribution in [0, 0.1) is 0 Å². The third-order valence-electron chi connectivity index (χ3n) is 2.65. The number of nitrogens with one attached hydrogen (secondary N) is 1. The molecule has 18 heavy (non-hydrogen) atoms. The highest BCUT2D eigenvalue weighted by molar-refractivity contribution is 5.90. The van der Waals surface area contributed by atoms with Gasteiger partial charge in [0.2, 0.25) is 0 Å². The summed E-state index contributed by atoms with van der Waals surface area (Å²) >= 11 is 0. The molecule has 0 aliphatic heterocycles. The molecule has 0 amide bonds. The number of carbonyl (C=O) groups is 1. The normalized spacial score (nSPS) is 10.3. The van der Waals surface area contributed by atoms with Crippen LogP contribution in [0.25, 0.3) is 0 Å². The average molecular weight is 245 g/mol. The third-order valence-corrected chi connectivity index (χ3v) is 2.65. The Kier molecular flexibility index (Phi) is 4.15. The van der Waals surface area contributed by atoms with E-state index in [2.05, 4.69) is 5.32 Å². The van der Waals surface area contributed by atoms with E-state index in [0.29, 0.717) is 18.7 Å². The number of benzene rings is 1. The lowest BCUT2D eigenvalue weighted by atomic mass is 10.1. The number of furan rings is 1. The summed E-state index contributed by atoms with van der Waals surface area (Å²) in [4.78, 5) is 11.6. The topological polar surface area (TPSA) is 51.5 Å². The fourth-order valence-electron chi connectivity index (χ4n) is 1.72. The maximum Gasteiger partial charge on any atom is 0.338 e. The second-order valence-corrected chi connectivity index (χ2v) is 3.88. The Morgan fingerprint density at radius 2 is 2.11 bits per heavy atom. The van der Waals surface area contributed by atoms with E-state index in [-0.39, 0.29) is 5.97 Å². The number of esters is 1. The van der Waals surface area contributed by atoms with Gasteiger partial charge < -0.3 is 14.5 Å². The van der Waals surface area contributed by atoms with E-state index in [1.165, 1.54) is 7.11 Å². The highest BCUT2D eigenvalue weighted by Gasteiger charge is 2.10. The molecule has 0 bridgehead atoms. The lowest BCUT2D eigenvalue weighted by Crippen LogP contribution is -2.15. The van der Waals surface area contributed by atoms with E-state index in [0.717, 1.165) is 11.1 Å². The largest absolute Gasteiger partial charge is 0.472 e. The van der Waals surface area contributed by atoms with Crippen LogP contribution in [0.2, 0.25) is 0 Å². The van der Waals surface area contributed by atoms with E-state index in [1.54, 1.807) is 18.6 Å². The summed E-state index contributed by atoms with van der Waals surface area (Å²) in [5.74, 6) is -0.310. The first-order valence-corrected chi connectivity index (χ1v) is 5.69. The molecule has 0 aliphatic carbocycles. The van der Waals surface area contributed by atoms with Gasteiger partial charge in [-0.3, -0.25) is 0 Å². The van der Waals surface area contributed by atoms with Crippen LogP contribution in [0.3, 0.4) is 0 Å². The summed E-state index contributed by atoms with van der Waals surface area (Å²) in [5.41, 5.74) is 2.60. The fraction of sp³-hybridized carbons (Fsp3) is 0.214. The monoisotopic (exact) mass is 245 g/mol. The van der Waals surface area contributed by atoms with E-state index in [9.17, 15) is 4.79 Å². The number of carbonyl (C=O) groups excluding carboxylic acids is 1. The van der Waals surface area contributed by atoms with Crippen LogP contribution in [-0.4, -0.2) is 13.1 Å². The zero-order valence-electron chi connectivity index (χ0n) is 10.2. The van der Waals surface area contributed by atoms with Gasteiger partial charge in [0, 0.05) is 18.7 Å². The quantitative estimate of drug-likeness (QED) is 0.821. The summed E-state index contributed by atoms with van der Waals surface area (Å²) in [6.45, 7) is 1.31. The molecule has 0 fully saturated rings. The molecular formula is C14H15NO3. The maximum atomic E-state index is 11.6. The van der Waals surface area contributed by atoms with Gasteiger partial charge in [0.1, 0.15) is 0 Å². The Hall–Kier alpha value is -2.07. The molecule has 0 spiro atoms. The van der Waals surface area contributed by atoms with Crippen molar-refractivity contribution in [2.24, 2.45) is 0 Å². The van der Waals surface area contributed by atoms with Crippen LogP contribution >= 0.6 is 0 Å². The molecule has 0 aliphatic rings. The Morgan fingerprint density at radius 1 is 1.28 bits per heavy atom. The van der Waals surface area contributed by atoms with Crippen molar-refractivity contribution in [3.8, 4) is 0 Å². The molecule has 0 radical (unpaired) electrons.